The molecule has 0 saturated heterocycles. The van der Waals surface area contributed by atoms with Crippen LogP contribution in [0.2, 0.25) is 0 Å². The molecule has 25 heavy (non-hydrogen) atoms. The standard InChI is InChI=1S/C17H17N3O5/c21-13-8-9-20(17(24)19-13)10-14(22)25-15(11-4-2-1-3-5-11)16(23)18-12-6-7-12/h1-5,8-9,12,15H,6-7,10H2,(H,18,23)(H,19,21,24)/t15-/m0/s1. The van der Waals surface area contributed by atoms with E-state index in [-0.39, 0.29) is 6.04 Å². The molecule has 0 radical (unpaired) electrons. The minimum Gasteiger partial charge on any atom is -0.446 e. The molecule has 1 aromatic carbocycles. The van der Waals surface area contributed by atoms with Crippen molar-refractivity contribution in [3.05, 3.63) is 69.0 Å². The molecule has 8 heteroatoms. The van der Waals surface area contributed by atoms with Crippen LogP contribution in [0.1, 0.15) is 24.5 Å². The Morgan fingerprint density at radius 3 is 2.56 bits per heavy atom. The number of benzene rings is 1. The zero-order valence-corrected chi connectivity index (χ0v) is 13.3. The number of carbonyl (C=O) groups excluding carboxylic acids is 2. The number of carbonyl (C=O) groups is 2. The van der Waals surface area contributed by atoms with E-state index >= 15 is 0 Å². The molecule has 8 nitrogen and oxygen atoms in total. The number of aromatic nitrogens is 2. The van der Waals surface area contributed by atoms with E-state index in [0.29, 0.717) is 5.56 Å². The van der Waals surface area contributed by atoms with Crippen LogP contribution in [0.15, 0.2) is 52.2 Å². The maximum atomic E-state index is 12.4. The summed E-state index contributed by atoms with van der Waals surface area (Å²) in [6.45, 7) is -0.407. The third-order valence-corrected chi connectivity index (χ3v) is 3.71. The lowest BCUT2D eigenvalue weighted by Crippen LogP contribution is -2.36. The molecule has 2 aromatic rings. The highest BCUT2D eigenvalue weighted by molar-refractivity contribution is 5.85. The molecule has 1 fully saturated rings. The summed E-state index contributed by atoms with van der Waals surface area (Å²) >= 11 is 0. The minimum atomic E-state index is -1.09. The summed E-state index contributed by atoms with van der Waals surface area (Å²) in [5, 5.41) is 2.81. The number of ether oxygens (including phenoxy) is 1. The highest BCUT2D eigenvalue weighted by Gasteiger charge is 2.30. The number of hydrogen-bond acceptors (Lipinski definition) is 5. The van der Waals surface area contributed by atoms with Gasteiger partial charge >= 0.3 is 11.7 Å². The van der Waals surface area contributed by atoms with E-state index in [1.54, 1.807) is 30.3 Å². The second-order valence-corrected chi connectivity index (χ2v) is 5.80. The van der Waals surface area contributed by atoms with Crippen molar-refractivity contribution < 1.29 is 14.3 Å². The Labute approximate surface area is 142 Å². The van der Waals surface area contributed by atoms with Gasteiger partial charge in [-0.3, -0.25) is 23.9 Å². The second-order valence-electron chi connectivity index (χ2n) is 5.80. The highest BCUT2D eigenvalue weighted by atomic mass is 16.5. The molecule has 1 aliphatic carbocycles. The van der Waals surface area contributed by atoms with E-state index in [0.717, 1.165) is 23.5 Å². The number of nitrogens with zero attached hydrogens (tertiary/aromatic N) is 1. The Morgan fingerprint density at radius 1 is 1.20 bits per heavy atom. The van der Waals surface area contributed by atoms with Gasteiger partial charge in [0.1, 0.15) is 6.54 Å². The fourth-order valence-electron chi connectivity index (χ4n) is 2.28. The predicted molar refractivity (Wildman–Crippen MR) is 87.8 cm³/mol. The molecular formula is C17H17N3O5. The van der Waals surface area contributed by atoms with Crippen molar-refractivity contribution in [2.45, 2.75) is 31.5 Å². The molecular weight excluding hydrogens is 326 g/mol. The van der Waals surface area contributed by atoms with Crippen LogP contribution >= 0.6 is 0 Å². The summed E-state index contributed by atoms with van der Waals surface area (Å²) < 4.78 is 6.32. The van der Waals surface area contributed by atoms with Gasteiger partial charge in [-0.1, -0.05) is 30.3 Å². The quantitative estimate of drug-likeness (QED) is 0.723. The van der Waals surface area contributed by atoms with Gasteiger partial charge in [-0.25, -0.2) is 4.79 Å². The zero-order chi connectivity index (χ0) is 17.8. The van der Waals surface area contributed by atoms with Crippen LogP contribution in [0.5, 0.6) is 0 Å². The van der Waals surface area contributed by atoms with E-state index in [1.165, 1.54) is 6.20 Å². The van der Waals surface area contributed by atoms with Crippen LogP contribution < -0.4 is 16.6 Å². The summed E-state index contributed by atoms with van der Waals surface area (Å²) in [6.07, 6.45) is 1.93. The summed E-state index contributed by atoms with van der Waals surface area (Å²) in [5.41, 5.74) is -0.730. The number of rotatable bonds is 6. The minimum absolute atomic E-state index is 0.124. The maximum absolute atomic E-state index is 12.4. The van der Waals surface area contributed by atoms with Gasteiger partial charge in [0, 0.05) is 23.9 Å². The molecule has 1 heterocycles. The average Bonchev–Trinajstić information content (AvgIpc) is 3.40. The van der Waals surface area contributed by atoms with E-state index < -0.39 is 35.8 Å². The molecule has 0 unspecified atom stereocenters. The van der Waals surface area contributed by atoms with Gasteiger partial charge < -0.3 is 10.1 Å². The lowest BCUT2D eigenvalue weighted by atomic mass is 10.1. The van der Waals surface area contributed by atoms with Gasteiger partial charge in [-0.05, 0) is 12.8 Å². The zero-order valence-electron chi connectivity index (χ0n) is 13.3. The predicted octanol–water partition coefficient (Wildman–Crippen LogP) is 0.0997. The van der Waals surface area contributed by atoms with Crippen LogP contribution in [-0.4, -0.2) is 27.5 Å². The lowest BCUT2D eigenvalue weighted by Gasteiger charge is -2.18. The van der Waals surface area contributed by atoms with Crippen molar-refractivity contribution >= 4 is 11.9 Å². The number of amides is 1. The third-order valence-electron chi connectivity index (χ3n) is 3.71. The molecule has 3 rings (SSSR count). The number of aromatic amines is 1. The summed E-state index contributed by atoms with van der Waals surface area (Å²) in [4.78, 5) is 49.3. The van der Waals surface area contributed by atoms with Crippen molar-refractivity contribution in [1.82, 2.24) is 14.9 Å². The first kappa shape index (κ1) is 16.7. The van der Waals surface area contributed by atoms with Crippen molar-refractivity contribution in [2.24, 2.45) is 0 Å². The Hall–Kier alpha value is -3.16. The van der Waals surface area contributed by atoms with Crippen LogP contribution in [0.4, 0.5) is 0 Å². The molecule has 130 valence electrons. The fraction of sp³-hybridized carbons (Fsp3) is 0.294. The largest absolute Gasteiger partial charge is 0.446 e. The van der Waals surface area contributed by atoms with Crippen LogP contribution in [0, 0.1) is 0 Å². The van der Waals surface area contributed by atoms with Crippen LogP contribution in [-0.2, 0) is 20.9 Å². The molecule has 1 aromatic heterocycles. The second kappa shape index (κ2) is 7.16. The smallest absolute Gasteiger partial charge is 0.328 e. The third kappa shape index (κ3) is 4.43. The average molecular weight is 343 g/mol. The SMILES string of the molecule is O=C(Cn1ccc(=O)[nH]c1=O)O[C@H](C(=O)NC1CC1)c1ccccc1. The van der Waals surface area contributed by atoms with Gasteiger partial charge in [0.15, 0.2) is 0 Å². The van der Waals surface area contributed by atoms with E-state index in [4.69, 9.17) is 4.74 Å². The topological polar surface area (TPSA) is 110 Å². The molecule has 0 aliphatic heterocycles. The number of nitrogens with one attached hydrogen (secondary N) is 2. The number of H-pyrrole nitrogens is 1. The summed E-state index contributed by atoms with van der Waals surface area (Å²) in [7, 11) is 0. The Morgan fingerprint density at radius 2 is 1.92 bits per heavy atom. The normalized spacial score (nSPS) is 14.6. The first-order valence-electron chi connectivity index (χ1n) is 7.87. The molecule has 0 bridgehead atoms. The monoisotopic (exact) mass is 343 g/mol. The maximum Gasteiger partial charge on any atom is 0.328 e. The molecule has 1 saturated carbocycles. The van der Waals surface area contributed by atoms with E-state index in [9.17, 15) is 19.2 Å². The number of esters is 1. The van der Waals surface area contributed by atoms with Gasteiger partial charge in [0.25, 0.3) is 11.5 Å². The van der Waals surface area contributed by atoms with Crippen molar-refractivity contribution in [1.29, 1.82) is 0 Å². The summed E-state index contributed by atoms with van der Waals surface area (Å²) in [6, 6.07) is 9.91. The van der Waals surface area contributed by atoms with Crippen LogP contribution in [0.25, 0.3) is 0 Å². The first-order chi connectivity index (χ1) is 12.0. The van der Waals surface area contributed by atoms with Gasteiger partial charge in [0.05, 0.1) is 0 Å². The van der Waals surface area contributed by atoms with Crippen molar-refractivity contribution in [3.8, 4) is 0 Å². The lowest BCUT2D eigenvalue weighted by molar-refractivity contribution is -0.157. The Kier molecular flexibility index (Phi) is 4.78. The molecule has 2 N–H and O–H groups in total. The molecule has 1 amide bonds. The van der Waals surface area contributed by atoms with E-state index in [2.05, 4.69) is 10.3 Å². The van der Waals surface area contributed by atoms with Gasteiger partial charge in [-0.15, -0.1) is 0 Å². The molecule has 1 atom stereocenters. The van der Waals surface area contributed by atoms with Crippen molar-refractivity contribution in [3.63, 3.8) is 0 Å². The van der Waals surface area contributed by atoms with Gasteiger partial charge in [-0.2, -0.15) is 0 Å². The first-order valence-corrected chi connectivity index (χ1v) is 7.87. The highest BCUT2D eigenvalue weighted by Crippen LogP contribution is 2.23. The fourth-order valence-corrected chi connectivity index (χ4v) is 2.28. The molecule has 0 spiro atoms. The molecule has 1 aliphatic rings. The van der Waals surface area contributed by atoms with E-state index in [1.807, 2.05) is 0 Å². The Bertz CT molecular complexity index is 883. The Balaban J connectivity index is 1.74. The van der Waals surface area contributed by atoms with Crippen LogP contribution in [0.3, 0.4) is 0 Å². The van der Waals surface area contributed by atoms with Crippen molar-refractivity contribution in [2.75, 3.05) is 0 Å². The van der Waals surface area contributed by atoms with Gasteiger partial charge in [0.2, 0.25) is 6.10 Å². The number of hydrogen-bond donors (Lipinski definition) is 2. The summed E-state index contributed by atoms with van der Waals surface area (Å²) in [5.74, 6) is -1.15.